The molecule has 0 saturated carbocycles. The molecule has 26 heavy (non-hydrogen) atoms. The lowest BCUT2D eigenvalue weighted by Crippen LogP contribution is -2.10. The molecule has 6 heteroatoms. The summed E-state index contributed by atoms with van der Waals surface area (Å²) in [6.07, 6.45) is 0. The Kier molecular flexibility index (Phi) is 4.67. The summed E-state index contributed by atoms with van der Waals surface area (Å²) in [5, 5.41) is 0.750. The summed E-state index contributed by atoms with van der Waals surface area (Å²) in [5.41, 5.74) is 1.23. The van der Waals surface area contributed by atoms with Gasteiger partial charge >= 0.3 is 11.6 Å². The Morgan fingerprint density at radius 1 is 1.00 bits per heavy atom. The summed E-state index contributed by atoms with van der Waals surface area (Å²) < 4.78 is 21.3. The van der Waals surface area contributed by atoms with Crippen LogP contribution < -0.4 is 19.8 Å². The molecule has 0 radical (unpaired) electrons. The SMILES string of the molecule is COc1ccc2c(C)c(-c3c(OC)cccc3OC(C)=O)c(=O)oc2c1. The van der Waals surface area contributed by atoms with Gasteiger partial charge < -0.3 is 18.6 Å². The largest absolute Gasteiger partial charge is 0.497 e. The number of carbonyl (C=O) groups is 1. The Morgan fingerprint density at radius 2 is 1.73 bits per heavy atom. The Hall–Kier alpha value is -3.28. The van der Waals surface area contributed by atoms with Crippen LogP contribution in [0, 0.1) is 6.92 Å². The zero-order valence-corrected chi connectivity index (χ0v) is 14.9. The van der Waals surface area contributed by atoms with E-state index in [4.69, 9.17) is 18.6 Å². The van der Waals surface area contributed by atoms with Gasteiger partial charge in [-0.1, -0.05) is 6.07 Å². The van der Waals surface area contributed by atoms with Gasteiger partial charge in [-0.25, -0.2) is 4.79 Å². The molecular formula is C20H18O6. The van der Waals surface area contributed by atoms with Gasteiger partial charge in [0, 0.05) is 18.4 Å². The lowest BCUT2D eigenvalue weighted by Gasteiger charge is -2.15. The maximum absolute atomic E-state index is 12.8. The van der Waals surface area contributed by atoms with Gasteiger partial charge in [-0.3, -0.25) is 4.79 Å². The highest BCUT2D eigenvalue weighted by Crippen LogP contribution is 2.40. The Morgan fingerprint density at radius 3 is 2.38 bits per heavy atom. The number of benzene rings is 2. The highest BCUT2D eigenvalue weighted by molar-refractivity contribution is 5.91. The molecule has 0 bridgehead atoms. The van der Waals surface area contributed by atoms with Crippen molar-refractivity contribution in [2.45, 2.75) is 13.8 Å². The molecule has 0 N–H and O–H groups in total. The second kappa shape index (κ2) is 6.92. The molecule has 3 rings (SSSR count). The van der Waals surface area contributed by atoms with Crippen molar-refractivity contribution in [1.29, 1.82) is 0 Å². The highest BCUT2D eigenvalue weighted by atomic mass is 16.5. The van der Waals surface area contributed by atoms with Crippen LogP contribution in [0.15, 0.2) is 45.6 Å². The van der Waals surface area contributed by atoms with E-state index in [0.29, 0.717) is 28.2 Å². The molecular weight excluding hydrogens is 336 g/mol. The smallest absolute Gasteiger partial charge is 0.344 e. The van der Waals surface area contributed by atoms with Gasteiger partial charge in [0.15, 0.2) is 0 Å². The van der Waals surface area contributed by atoms with E-state index < -0.39 is 11.6 Å². The standard InChI is InChI=1S/C20H18O6/c1-11-14-9-8-13(23-3)10-17(14)26-20(22)18(11)19-15(24-4)6-5-7-16(19)25-12(2)21/h5-10H,1-4H3. The van der Waals surface area contributed by atoms with Crippen molar-refractivity contribution in [2.24, 2.45) is 0 Å². The molecule has 0 saturated heterocycles. The van der Waals surface area contributed by atoms with E-state index in [-0.39, 0.29) is 11.3 Å². The van der Waals surface area contributed by atoms with E-state index in [1.54, 1.807) is 37.4 Å². The molecule has 0 spiro atoms. The first-order valence-corrected chi connectivity index (χ1v) is 7.93. The summed E-state index contributed by atoms with van der Waals surface area (Å²) in [6.45, 7) is 3.11. The minimum atomic E-state index is -0.554. The van der Waals surface area contributed by atoms with Gasteiger partial charge in [-0.05, 0) is 36.8 Å². The van der Waals surface area contributed by atoms with E-state index in [1.165, 1.54) is 14.0 Å². The summed E-state index contributed by atoms with van der Waals surface area (Å²) in [5.74, 6) is 0.741. The maximum atomic E-state index is 12.8. The number of aryl methyl sites for hydroxylation is 1. The second-order valence-corrected chi connectivity index (χ2v) is 5.68. The molecule has 3 aromatic rings. The summed E-state index contributed by atoms with van der Waals surface area (Å²) in [7, 11) is 3.03. The van der Waals surface area contributed by atoms with Crippen molar-refractivity contribution in [3.8, 4) is 28.4 Å². The van der Waals surface area contributed by atoms with E-state index >= 15 is 0 Å². The molecule has 1 aromatic heterocycles. The first kappa shape index (κ1) is 17.5. The zero-order valence-electron chi connectivity index (χ0n) is 14.9. The average Bonchev–Trinajstić information content (AvgIpc) is 2.61. The summed E-state index contributed by atoms with van der Waals surface area (Å²) in [4.78, 5) is 24.2. The highest BCUT2D eigenvalue weighted by Gasteiger charge is 2.22. The minimum absolute atomic E-state index is 0.236. The number of fused-ring (bicyclic) bond motifs is 1. The summed E-state index contributed by atoms with van der Waals surface area (Å²) in [6, 6.07) is 10.2. The normalized spacial score (nSPS) is 10.6. The molecule has 0 aliphatic heterocycles. The van der Waals surface area contributed by atoms with Crippen molar-refractivity contribution < 1.29 is 23.4 Å². The van der Waals surface area contributed by atoms with Crippen molar-refractivity contribution >= 4 is 16.9 Å². The van der Waals surface area contributed by atoms with Crippen LogP contribution in [0.4, 0.5) is 0 Å². The van der Waals surface area contributed by atoms with Crippen LogP contribution in [0.3, 0.4) is 0 Å². The Bertz CT molecular complexity index is 1050. The van der Waals surface area contributed by atoms with Crippen molar-refractivity contribution in [3.05, 3.63) is 52.4 Å². The second-order valence-electron chi connectivity index (χ2n) is 5.68. The van der Waals surface area contributed by atoms with Crippen LogP contribution in [0.1, 0.15) is 12.5 Å². The minimum Gasteiger partial charge on any atom is -0.497 e. The number of methoxy groups -OCH3 is 2. The van der Waals surface area contributed by atoms with Gasteiger partial charge in [0.05, 0.1) is 25.3 Å². The van der Waals surface area contributed by atoms with Gasteiger partial charge in [-0.15, -0.1) is 0 Å². The number of rotatable bonds is 4. The zero-order chi connectivity index (χ0) is 18.8. The van der Waals surface area contributed by atoms with Crippen LogP contribution in [0.25, 0.3) is 22.1 Å². The number of carbonyl (C=O) groups excluding carboxylic acids is 1. The molecule has 134 valence electrons. The number of esters is 1. The predicted octanol–water partition coefficient (Wildman–Crippen LogP) is 3.71. The average molecular weight is 354 g/mol. The molecule has 0 unspecified atom stereocenters. The van der Waals surface area contributed by atoms with Crippen LogP contribution in [0.2, 0.25) is 0 Å². The van der Waals surface area contributed by atoms with Crippen molar-refractivity contribution in [3.63, 3.8) is 0 Å². The number of hydrogen-bond donors (Lipinski definition) is 0. The van der Waals surface area contributed by atoms with Crippen LogP contribution in [0.5, 0.6) is 17.2 Å². The first-order chi connectivity index (χ1) is 12.5. The van der Waals surface area contributed by atoms with Gasteiger partial charge in [-0.2, -0.15) is 0 Å². The number of hydrogen-bond acceptors (Lipinski definition) is 6. The maximum Gasteiger partial charge on any atom is 0.344 e. The summed E-state index contributed by atoms with van der Waals surface area (Å²) >= 11 is 0. The monoisotopic (exact) mass is 354 g/mol. The molecule has 1 heterocycles. The van der Waals surface area contributed by atoms with E-state index in [1.807, 2.05) is 13.0 Å². The third kappa shape index (κ3) is 3.01. The van der Waals surface area contributed by atoms with E-state index in [2.05, 4.69) is 0 Å². The molecule has 0 aliphatic rings. The van der Waals surface area contributed by atoms with Crippen LogP contribution in [-0.2, 0) is 4.79 Å². The lowest BCUT2D eigenvalue weighted by molar-refractivity contribution is -0.131. The molecule has 2 aromatic carbocycles. The fourth-order valence-electron chi connectivity index (χ4n) is 2.92. The Balaban J connectivity index is 2.36. The van der Waals surface area contributed by atoms with Gasteiger partial charge in [0.1, 0.15) is 22.8 Å². The van der Waals surface area contributed by atoms with Gasteiger partial charge in [0.25, 0.3) is 0 Å². The van der Waals surface area contributed by atoms with Crippen LogP contribution in [-0.4, -0.2) is 20.2 Å². The van der Waals surface area contributed by atoms with Gasteiger partial charge in [0.2, 0.25) is 0 Å². The third-order valence-corrected chi connectivity index (χ3v) is 4.09. The molecule has 0 atom stereocenters. The predicted molar refractivity (Wildman–Crippen MR) is 97.1 cm³/mol. The van der Waals surface area contributed by atoms with Crippen LogP contribution >= 0.6 is 0 Å². The topological polar surface area (TPSA) is 75.0 Å². The van der Waals surface area contributed by atoms with E-state index in [9.17, 15) is 9.59 Å². The van der Waals surface area contributed by atoms with Crippen molar-refractivity contribution in [2.75, 3.05) is 14.2 Å². The molecule has 6 nitrogen and oxygen atoms in total. The molecule has 0 fully saturated rings. The fraction of sp³-hybridized carbons (Fsp3) is 0.200. The van der Waals surface area contributed by atoms with E-state index in [0.717, 1.165) is 5.39 Å². The fourth-order valence-corrected chi connectivity index (χ4v) is 2.92. The first-order valence-electron chi connectivity index (χ1n) is 7.93. The quantitative estimate of drug-likeness (QED) is 0.404. The molecule has 0 amide bonds. The van der Waals surface area contributed by atoms with Crippen molar-refractivity contribution in [1.82, 2.24) is 0 Å². The lowest BCUT2D eigenvalue weighted by atomic mass is 9.98. The number of ether oxygens (including phenoxy) is 3. The molecule has 0 aliphatic carbocycles. The third-order valence-electron chi connectivity index (χ3n) is 4.09. The Labute approximate surface area is 149 Å².